The Bertz CT molecular complexity index is 696. The molecule has 0 bridgehead atoms. The molecule has 0 aliphatic rings. The molecule has 1 heterocycles. The number of carbonyl (C=O) groups is 2. The van der Waals surface area contributed by atoms with Crippen molar-refractivity contribution < 1.29 is 9.59 Å². The molecule has 2 amide bonds. The highest BCUT2D eigenvalue weighted by molar-refractivity contribution is 6.04. The first-order valence-corrected chi connectivity index (χ1v) is 7.00. The number of aromatic nitrogens is 2. The molecular formula is C16H18N4O2. The van der Waals surface area contributed by atoms with Crippen molar-refractivity contribution in [2.45, 2.75) is 20.3 Å². The monoisotopic (exact) mass is 298 g/mol. The fourth-order valence-electron chi connectivity index (χ4n) is 1.94. The van der Waals surface area contributed by atoms with Crippen LogP contribution in [0.1, 0.15) is 39.0 Å². The largest absolute Gasteiger partial charge is 0.355 e. The summed E-state index contributed by atoms with van der Waals surface area (Å²) < 4.78 is 0. The lowest BCUT2D eigenvalue weighted by molar-refractivity contribution is 0.0962. The molecule has 6 heteroatoms. The van der Waals surface area contributed by atoms with Crippen molar-refractivity contribution in [2.75, 3.05) is 12.4 Å². The van der Waals surface area contributed by atoms with E-state index in [4.69, 9.17) is 0 Å². The van der Waals surface area contributed by atoms with Crippen molar-refractivity contribution in [3.8, 4) is 0 Å². The number of nitrogens with zero attached hydrogens (tertiary/aromatic N) is 2. The van der Waals surface area contributed by atoms with E-state index in [0.717, 1.165) is 12.0 Å². The third kappa shape index (κ3) is 3.46. The molecule has 6 nitrogen and oxygen atoms in total. The minimum absolute atomic E-state index is 0.162. The Balaban J connectivity index is 2.15. The average Bonchev–Trinajstić information content (AvgIpc) is 2.55. The molecular weight excluding hydrogens is 280 g/mol. The van der Waals surface area contributed by atoms with Gasteiger partial charge >= 0.3 is 0 Å². The molecule has 0 saturated carbocycles. The molecule has 2 aromatic rings. The molecule has 0 aliphatic heterocycles. The van der Waals surface area contributed by atoms with Crippen LogP contribution in [-0.4, -0.2) is 28.8 Å². The van der Waals surface area contributed by atoms with Crippen molar-refractivity contribution in [1.82, 2.24) is 15.3 Å². The zero-order chi connectivity index (χ0) is 16.1. The predicted molar refractivity (Wildman–Crippen MR) is 83.9 cm³/mol. The van der Waals surface area contributed by atoms with Crippen LogP contribution in [0, 0.1) is 6.92 Å². The van der Waals surface area contributed by atoms with Crippen LogP contribution < -0.4 is 10.6 Å². The summed E-state index contributed by atoms with van der Waals surface area (Å²) in [6, 6.07) is 5.10. The number of hydrogen-bond donors (Lipinski definition) is 2. The van der Waals surface area contributed by atoms with Crippen LogP contribution in [0.5, 0.6) is 0 Å². The summed E-state index contributed by atoms with van der Waals surface area (Å²) in [5, 5.41) is 5.36. The summed E-state index contributed by atoms with van der Waals surface area (Å²) in [6.45, 7) is 3.78. The first-order valence-electron chi connectivity index (χ1n) is 7.00. The van der Waals surface area contributed by atoms with E-state index in [1.54, 1.807) is 25.2 Å². The van der Waals surface area contributed by atoms with Crippen molar-refractivity contribution in [2.24, 2.45) is 0 Å². The van der Waals surface area contributed by atoms with Crippen molar-refractivity contribution >= 4 is 17.5 Å². The fraction of sp³-hybridized carbons (Fsp3) is 0.250. The smallest absolute Gasteiger partial charge is 0.258 e. The van der Waals surface area contributed by atoms with Gasteiger partial charge in [-0.2, -0.15) is 0 Å². The highest BCUT2D eigenvalue weighted by Gasteiger charge is 2.11. The van der Waals surface area contributed by atoms with Crippen LogP contribution in [0.15, 0.2) is 30.6 Å². The van der Waals surface area contributed by atoms with Gasteiger partial charge in [0, 0.05) is 37.1 Å². The molecule has 0 unspecified atom stereocenters. The Morgan fingerprint density at radius 3 is 2.32 bits per heavy atom. The third-order valence-electron chi connectivity index (χ3n) is 3.25. The van der Waals surface area contributed by atoms with Crippen LogP contribution >= 0.6 is 0 Å². The lowest BCUT2D eigenvalue weighted by Gasteiger charge is -2.10. The topological polar surface area (TPSA) is 84.0 Å². The van der Waals surface area contributed by atoms with Gasteiger partial charge in [-0.25, -0.2) is 9.97 Å². The number of benzene rings is 1. The summed E-state index contributed by atoms with van der Waals surface area (Å²) in [7, 11) is 1.58. The number of amides is 2. The van der Waals surface area contributed by atoms with Gasteiger partial charge in [0.15, 0.2) is 0 Å². The van der Waals surface area contributed by atoms with Gasteiger partial charge < -0.3 is 10.6 Å². The molecule has 0 radical (unpaired) electrons. The highest BCUT2D eigenvalue weighted by atomic mass is 16.2. The predicted octanol–water partition coefficient (Wildman–Crippen LogP) is 1.96. The van der Waals surface area contributed by atoms with E-state index in [2.05, 4.69) is 20.6 Å². The van der Waals surface area contributed by atoms with Crippen LogP contribution in [0.2, 0.25) is 0 Å². The lowest BCUT2D eigenvalue weighted by Crippen LogP contribution is -2.18. The van der Waals surface area contributed by atoms with Gasteiger partial charge in [0.2, 0.25) is 0 Å². The first kappa shape index (κ1) is 15.6. The van der Waals surface area contributed by atoms with E-state index in [-0.39, 0.29) is 11.8 Å². The van der Waals surface area contributed by atoms with Crippen molar-refractivity contribution in [3.05, 3.63) is 53.1 Å². The molecule has 0 aliphatic carbocycles. The average molecular weight is 298 g/mol. The Labute approximate surface area is 129 Å². The summed E-state index contributed by atoms with van der Waals surface area (Å²) in [4.78, 5) is 31.9. The maximum absolute atomic E-state index is 12.2. The number of aryl methyl sites for hydroxylation is 2. The Hall–Kier alpha value is -2.76. The minimum Gasteiger partial charge on any atom is -0.355 e. The normalized spacial score (nSPS) is 10.1. The number of carbonyl (C=O) groups excluding carboxylic acids is 2. The molecule has 0 atom stereocenters. The fourth-order valence-corrected chi connectivity index (χ4v) is 1.94. The van der Waals surface area contributed by atoms with E-state index < -0.39 is 0 Å². The van der Waals surface area contributed by atoms with Gasteiger partial charge in [-0.05, 0) is 30.7 Å². The van der Waals surface area contributed by atoms with E-state index >= 15 is 0 Å². The summed E-state index contributed by atoms with van der Waals surface area (Å²) in [5.74, 6) is 0.255. The van der Waals surface area contributed by atoms with Crippen LogP contribution in [0.4, 0.5) is 5.69 Å². The second kappa shape index (κ2) is 6.80. The molecule has 114 valence electrons. The molecule has 0 fully saturated rings. The number of hydrogen-bond acceptors (Lipinski definition) is 4. The maximum Gasteiger partial charge on any atom is 0.258 e. The van der Waals surface area contributed by atoms with E-state index in [9.17, 15) is 9.59 Å². The zero-order valence-electron chi connectivity index (χ0n) is 12.8. The number of nitrogens with one attached hydrogen (secondary N) is 2. The van der Waals surface area contributed by atoms with Gasteiger partial charge in [0.25, 0.3) is 11.8 Å². The SMILES string of the molecule is CCc1ncc(C(=O)Nc2ccc(C(=O)NC)cc2C)cn1. The van der Waals surface area contributed by atoms with Gasteiger partial charge in [-0.15, -0.1) is 0 Å². The van der Waals surface area contributed by atoms with Gasteiger partial charge in [-0.3, -0.25) is 9.59 Å². The molecule has 0 saturated heterocycles. The van der Waals surface area contributed by atoms with E-state index in [0.29, 0.717) is 22.6 Å². The standard InChI is InChI=1S/C16H18N4O2/c1-4-14-18-8-12(9-19-14)16(22)20-13-6-5-11(7-10(13)2)15(21)17-3/h5-9H,4H2,1-3H3,(H,17,21)(H,20,22). The molecule has 1 aromatic heterocycles. The third-order valence-corrected chi connectivity index (χ3v) is 3.25. The minimum atomic E-state index is -0.279. The van der Waals surface area contributed by atoms with E-state index in [1.165, 1.54) is 12.4 Å². The Morgan fingerprint density at radius 2 is 1.77 bits per heavy atom. The van der Waals surface area contributed by atoms with Crippen molar-refractivity contribution in [1.29, 1.82) is 0 Å². The van der Waals surface area contributed by atoms with Crippen molar-refractivity contribution in [3.63, 3.8) is 0 Å². The second-order valence-corrected chi connectivity index (χ2v) is 4.80. The molecule has 0 spiro atoms. The van der Waals surface area contributed by atoms with Gasteiger partial charge in [0.1, 0.15) is 5.82 Å². The highest BCUT2D eigenvalue weighted by Crippen LogP contribution is 2.17. The first-order chi connectivity index (χ1) is 10.5. The molecule has 1 aromatic carbocycles. The molecule has 2 N–H and O–H groups in total. The number of anilines is 1. The lowest BCUT2D eigenvalue weighted by atomic mass is 10.1. The zero-order valence-corrected chi connectivity index (χ0v) is 12.8. The second-order valence-electron chi connectivity index (χ2n) is 4.80. The Morgan fingerprint density at radius 1 is 1.09 bits per heavy atom. The quantitative estimate of drug-likeness (QED) is 0.903. The van der Waals surface area contributed by atoms with Crippen LogP contribution in [0.25, 0.3) is 0 Å². The summed E-state index contributed by atoms with van der Waals surface area (Å²) in [5.41, 5.74) is 2.40. The summed E-state index contributed by atoms with van der Waals surface area (Å²) >= 11 is 0. The molecule has 22 heavy (non-hydrogen) atoms. The number of rotatable bonds is 4. The van der Waals surface area contributed by atoms with Crippen LogP contribution in [0.3, 0.4) is 0 Å². The van der Waals surface area contributed by atoms with Gasteiger partial charge in [0.05, 0.1) is 5.56 Å². The van der Waals surface area contributed by atoms with Gasteiger partial charge in [-0.1, -0.05) is 6.92 Å². The Kier molecular flexibility index (Phi) is 4.83. The summed E-state index contributed by atoms with van der Waals surface area (Å²) in [6.07, 6.45) is 3.74. The van der Waals surface area contributed by atoms with E-state index in [1.807, 2.05) is 13.8 Å². The van der Waals surface area contributed by atoms with Crippen LogP contribution in [-0.2, 0) is 6.42 Å². The molecule has 2 rings (SSSR count). The maximum atomic E-state index is 12.2.